The van der Waals surface area contributed by atoms with Crippen LogP contribution in [0.15, 0.2) is 46.9 Å². The van der Waals surface area contributed by atoms with Crippen molar-refractivity contribution in [3.8, 4) is 11.5 Å². The molecule has 7 heteroatoms. The van der Waals surface area contributed by atoms with E-state index < -0.39 is 0 Å². The van der Waals surface area contributed by atoms with Crippen LogP contribution in [-0.4, -0.2) is 22.6 Å². The highest BCUT2D eigenvalue weighted by Gasteiger charge is 2.25. The number of aromatic nitrogens is 2. The SMILES string of the molecule is CC(=O)N1CCc2cccc(NCc3nnc(-c4ccccc4Cl)o3)c21. The summed E-state index contributed by atoms with van der Waals surface area (Å²) < 4.78 is 5.72. The summed E-state index contributed by atoms with van der Waals surface area (Å²) in [6, 6.07) is 13.3. The van der Waals surface area contributed by atoms with E-state index in [1.165, 1.54) is 0 Å². The number of carbonyl (C=O) groups is 1. The molecule has 0 spiro atoms. The molecular formula is C19H17ClN4O2. The van der Waals surface area contributed by atoms with Crippen LogP contribution in [0.25, 0.3) is 11.5 Å². The van der Waals surface area contributed by atoms with Gasteiger partial charge in [-0.1, -0.05) is 35.9 Å². The van der Waals surface area contributed by atoms with Gasteiger partial charge in [0.2, 0.25) is 17.7 Å². The number of para-hydroxylation sites is 1. The summed E-state index contributed by atoms with van der Waals surface area (Å²) in [5, 5.41) is 12.0. The van der Waals surface area contributed by atoms with E-state index in [9.17, 15) is 4.79 Å². The third-order valence-corrected chi connectivity index (χ3v) is 4.71. The molecule has 2 aromatic carbocycles. The van der Waals surface area contributed by atoms with Crippen molar-refractivity contribution >= 4 is 28.9 Å². The number of nitrogens with zero attached hydrogens (tertiary/aromatic N) is 3. The first-order chi connectivity index (χ1) is 12.6. The minimum atomic E-state index is 0.0387. The number of hydrogen-bond acceptors (Lipinski definition) is 5. The largest absolute Gasteiger partial charge is 0.419 e. The molecule has 1 aliphatic rings. The minimum Gasteiger partial charge on any atom is -0.419 e. The molecule has 132 valence electrons. The van der Waals surface area contributed by atoms with Crippen LogP contribution in [0.3, 0.4) is 0 Å². The van der Waals surface area contributed by atoms with Crippen molar-refractivity contribution in [3.63, 3.8) is 0 Å². The Hall–Kier alpha value is -2.86. The van der Waals surface area contributed by atoms with E-state index in [4.69, 9.17) is 16.0 Å². The van der Waals surface area contributed by atoms with E-state index in [-0.39, 0.29) is 5.91 Å². The van der Waals surface area contributed by atoms with Gasteiger partial charge in [-0.05, 0) is 30.2 Å². The molecule has 0 fully saturated rings. The molecule has 4 rings (SSSR count). The standard InChI is InChI=1S/C19H17ClN4O2/c1-12(25)24-10-9-13-5-4-8-16(18(13)24)21-11-17-22-23-19(26-17)14-6-2-3-7-15(14)20/h2-8,21H,9-11H2,1H3. The fraction of sp³-hybridized carbons (Fsp3) is 0.211. The quantitative estimate of drug-likeness (QED) is 0.755. The van der Waals surface area contributed by atoms with Crippen molar-refractivity contribution in [2.75, 3.05) is 16.8 Å². The molecule has 0 saturated carbocycles. The zero-order valence-electron chi connectivity index (χ0n) is 14.2. The third kappa shape index (κ3) is 3.04. The predicted octanol–water partition coefficient (Wildman–Crippen LogP) is 3.91. The van der Waals surface area contributed by atoms with Gasteiger partial charge in [0.1, 0.15) is 0 Å². The van der Waals surface area contributed by atoms with Crippen molar-refractivity contribution in [2.45, 2.75) is 19.9 Å². The van der Waals surface area contributed by atoms with Crippen molar-refractivity contribution in [1.29, 1.82) is 0 Å². The van der Waals surface area contributed by atoms with E-state index in [1.54, 1.807) is 17.9 Å². The van der Waals surface area contributed by atoms with Crippen LogP contribution in [0.5, 0.6) is 0 Å². The topological polar surface area (TPSA) is 71.3 Å². The van der Waals surface area contributed by atoms with Gasteiger partial charge in [-0.15, -0.1) is 10.2 Å². The highest BCUT2D eigenvalue weighted by atomic mass is 35.5. The smallest absolute Gasteiger partial charge is 0.249 e. The van der Waals surface area contributed by atoms with Gasteiger partial charge in [0.15, 0.2) is 0 Å². The van der Waals surface area contributed by atoms with Crippen molar-refractivity contribution in [2.24, 2.45) is 0 Å². The van der Waals surface area contributed by atoms with Crippen molar-refractivity contribution in [1.82, 2.24) is 10.2 Å². The summed E-state index contributed by atoms with van der Waals surface area (Å²) >= 11 is 6.17. The van der Waals surface area contributed by atoms with Gasteiger partial charge in [0.25, 0.3) is 0 Å². The molecule has 6 nitrogen and oxygen atoms in total. The molecule has 2 heterocycles. The lowest BCUT2D eigenvalue weighted by molar-refractivity contribution is -0.116. The normalized spacial score (nSPS) is 12.9. The van der Waals surface area contributed by atoms with E-state index in [1.807, 2.05) is 36.4 Å². The lowest BCUT2D eigenvalue weighted by atomic mass is 10.1. The summed E-state index contributed by atoms with van der Waals surface area (Å²) in [7, 11) is 0. The van der Waals surface area contributed by atoms with E-state index in [0.29, 0.717) is 35.5 Å². The number of fused-ring (bicyclic) bond motifs is 1. The van der Waals surface area contributed by atoms with Crippen LogP contribution in [0, 0.1) is 0 Å². The Morgan fingerprint density at radius 3 is 2.88 bits per heavy atom. The molecule has 0 saturated heterocycles. The van der Waals surface area contributed by atoms with E-state index >= 15 is 0 Å². The van der Waals surface area contributed by atoms with Gasteiger partial charge in [-0.2, -0.15) is 0 Å². The monoisotopic (exact) mass is 368 g/mol. The molecule has 0 radical (unpaired) electrons. The molecule has 1 amide bonds. The van der Waals surface area contributed by atoms with Gasteiger partial charge in [-0.25, -0.2) is 0 Å². The van der Waals surface area contributed by atoms with Crippen LogP contribution in [0.4, 0.5) is 11.4 Å². The van der Waals surface area contributed by atoms with Crippen LogP contribution in [0.2, 0.25) is 5.02 Å². The fourth-order valence-electron chi connectivity index (χ4n) is 3.15. The number of anilines is 2. The highest BCUT2D eigenvalue weighted by molar-refractivity contribution is 6.33. The second-order valence-corrected chi connectivity index (χ2v) is 6.48. The van der Waals surface area contributed by atoms with Gasteiger partial charge in [0, 0.05) is 13.5 Å². The molecule has 0 unspecified atom stereocenters. The fourth-order valence-corrected chi connectivity index (χ4v) is 3.37. The minimum absolute atomic E-state index is 0.0387. The Morgan fingerprint density at radius 1 is 1.23 bits per heavy atom. The number of nitrogens with one attached hydrogen (secondary N) is 1. The molecule has 1 aliphatic heterocycles. The second kappa shape index (κ2) is 6.80. The molecule has 0 bridgehead atoms. The number of rotatable bonds is 4. The Balaban J connectivity index is 1.54. The van der Waals surface area contributed by atoms with Crippen molar-refractivity contribution < 1.29 is 9.21 Å². The number of amides is 1. The second-order valence-electron chi connectivity index (χ2n) is 6.07. The zero-order chi connectivity index (χ0) is 18.1. The number of benzene rings is 2. The van der Waals surface area contributed by atoms with E-state index in [2.05, 4.69) is 15.5 Å². The van der Waals surface area contributed by atoms with Crippen molar-refractivity contribution in [3.05, 3.63) is 58.9 Å². The summed E-state index contributed by atoms with van der Waals surface area (Å²) in [4.78, 5) is 13.7. The number of hydrogen-bond donors (Lipinski definition) is 1. The maximum Gasteiger partial charge on any atom is 0.249 e. The third-order valence-electron chi connectivity index (χ3n) is 4.38. The molecular weight excluding hydrogens is 352 g/mol. The zero-order valence-corrected chi connectivity index (χ0v) is 15.0. The van der Waals surface area contributed by atoms with Gasteiger partial charge >= 0.3 is 0 Å². The summed E-state index contributed by atoms with van der Waals surface area (Å²) in [5.41, 5.74) is 3.68. The maximum atomic E-state index is 11.9. The lowest BCUT2D eigenvalue weighted by Crippen LogP contribution is -2.26. The Labute approximate surface area is 155 Å². The number of carbonyl (C=O) groups excluding carboxylic acids is 1. The highest BCUT2D eigenvalue weighted by Crippen LogP contribution is 2.36. The summed E-state index contributed by atoms with van der Waals surface area (Å²) in [6.07, 6.45) is 0.863. The summed E-state index contributed by atoms with van der Waals surface area (Å²) in [5.74, 6) is 0.873. The molecule has 3 aromatic rings. The first kappa shape index (κ1) is 16.6. The molecule has 0 aliphatic carbocycles. The Kier molecular flexibility index (Phi) is 4.34. The van der Waals surface area contributed by atoms with Crippen LogP contribution < -0.4 is 10.2 Å². The average Bonchev–Trinajstić information content (AvgIpc) is 3.27. The van der Waals surface area contributed by atoms with Gasteiger partial charge in [-0.3, -0.25) is 4.79 Å². The number of halogens is 1. The molecule has 0 atom stereocenters. The van der Waals surface area contributed by atoms with Gasteiger partial charge in [0.05, 0.1) is 28.5 Å². The molecule has 1 aromatic heterocycles. The van der Waals surface area contributed by atoms with Crippen LogP contribution in [0.1, 0.15) is 18.4 Å². The average molecular weight is 369 g/mol. The maximum absolute atomic E-state index is 11.9. The Morgan fingerprint density at radius 2 is 2.08 bits per heavy atom. The first-order valence-corrected chi connectivity index (χ1v) is 8.72. The predicted molar refractivity (Wildman–Crippen MR) is 100 cm³/mol. The van der Waals surface area contributed by atoms with E-state index in [0.717, 1.165) is 23.4 Å². The van der Waals surface area contributed by atoms with Crippen LogP contribution in [-0.2, 0) is 17.8 Å². The van der Waals surface area contributed by atoms with Gasteiger partial charge < -0.3 is 14.6 Å². The Bertz CT molecular complexity index is 970. The first-order valence-electron chi connectivity index (χ1n) is 8.34. The molecule has 1 N–H and O–H groups in total. The van der Waals surface area contributed by atoms with Crippen LogP contribution >= 0.6 is 11.6 Å². The summed E-state index contributed by atoms with van der Waals surface area (Å²) in [6.45, 7) is 2.65. The lowest BCUT2D eigenvalue weighted by Gasteiger charge is -2.19. The molecule has 26 heavy (non-hydrogen) atoms.